The van der Waals surface area contributed by atoms with Crippen LogP contribution in [0.2, 0.25) is 5.02 Å². The molecule has 0 saturated carbocycles. The van der Waals surface area contributed by atoms with E-state index in [0.717, 1.165) is 4.70 Å². The monoisotopic (exact) mass is 379 g/mol. The highest BCUT2D eigenvalue weighted by Gasteiger charge is 2.34. The van der Waals surface area contributed by atoms with Crippen LogP contribution in [0.3, 0.4) is 0 Å². The van der Waals surface area contributed by atoms with E-state index < -0.39 is 5.82 Å². The van der Waals surface area contributed by atoms with Crippen molar-refractivity contribution in [2.24, 2.45) is 5.92 Å². The van der Waals surface area contributed by atoms with E-state index >= 15 is 0 Å². The van der Waals surface area contributed by atoms with E-state index in [-0.39, 0.29) is 22.7 Å². The Morgan fingerprint density at radius 2 is 2.04 bits per heavy atom. The number of para-hydroxylation sites is 1. The number of nitrogens with zero attached hydrogens (tertiary/aromatic N) is 2. The molecule has 25 heavy (non-hydrogen) atoms. The number of fused-ring (bicyclic) bond motifs is 1. The van der Waals surface area contributed by atoms with E-state index in [9.17, 15) is 13.6 Å². The Hall–Kier alpha value is -2.25. The van der Waals surface area contributed by atoms with Crippen molar-refractivity contribution in [3.63, 3.8) is 0 Å². The van der Waals surface area contributed by atoms with E-state index in [1.54, 1.807) is 6.07 Å². The van der Waals surface area contributed by atoms with Crippen molar-refractivity contribution in [1.82, 2.24) is 4.98 Å². The number of halogens is 3. The summed E-state index contributed by atoms with van der Waals surface area (Å²) in [6, 6.07) is 8.90. The standard InChI is InChI=1S/C17H12ClF2N3OS/c18-11-6-10(4-5-12(11)19)21-16(24)9-7-23(8-9)17-22-15-13(20)2-1-3-14(15)25-17/h1-6,9H,7-8H2,(H,21,24). The zero-order valence-electron chi connectivity index (χ0n) is 12.8. The number of thiazole rings is 1. The molecule has 0 unspecified atom stereocenters. The van der Waals surface area contributed by atoms with Crippen LogP contribution in [-0.4, -0.2) is 24.0 Å². The Kier molecular flexibility index (Phi) is 4.05. The SMILES string of the molecule is O=C(Nc1ccc(F)c(Cl)c1)C1CN(c2nc3c(F)cccc3s2)C1. The van der Waals surface area contributed by atoms with Gasteiger partial charge >= 0.3 is 0 Å². The van der Waals surface area contributed by atoms with Crippen molar-refractivity contribution < 1.29 is 13.6 Å². The number of nitrogens with one attached hydrogen (secondary N) is 1. The second kappa shape index (κ2) is 6.24. The fraction of sp³-hybridized carbons (Fsp3) is 0.176. The number of carbonyl (C=O) groups excluding carboxylic acids is 1. The summed E-state index contributed by atoms with van der Waals surface area (Å²) in [5.74, 6) is -1.24. The van der Waals surface area contributed by atoms with Crippen LogP contribution in [0.1, 0.15) is 0 Å². The van der Waals surface area contributed by atoms with Gasteiger partial charge in [-0.25, -0.2) is 13.8 Å². The molecule has 1 fully saturated rings. The lowest BCUT2D eigenvalue weighted by Crippen LogP contribution is -2.52. The number of hydrogen-bond acceptors (Lipinski definition) is 4. The van der Waals surface area contributed by atoms with Crippen molar-refractivity contribution in [1.29, 1.82) is 0 Å². The van der Waals surface area contributed by atoms with Crippen LogP contribution in [0.5, 0.6) is 0 Å². The Balaban J connectivity index is 1.41. The molecule has 1 aliphatic rings. The van der Waals surface area contributed by atoms with Gasteiger partial charge in [0.05, 0.1) is 15.6 Å². The van der Waals surface area contributed by atoms with Crippen LogP contribution < -0.4 is 10.2 Å². The van der Waals surface area contributed by atoms with Crippen LogP contribution in [0, 0.1) is 17.6 Å². The van der Waals surface area contributed by atoms with Crippen LogP contribution in [-0.2, 0) is 4.79 Å². The first-order valence-electron chi connectivity index (χ1n) is 7.57. The van der Waals surface area contributed by atoms with Crippen molar-refractivity contribution in [3.8, 4) is 0 Å². The Bertz CT molecular complexity index is 972. The van der Waals surface area contributed by atoms with Crippen molar-refractivity contribution >= 4 is 49.9 Å². The minimum atomic E-state index is -0.530. The average Bonchev–Trinajstić information content (AvgIpc) is 2.94. The van der Waals surface area contributed by atoms with E-state index in [4.69, 9.17) is 11.6 Å². The lowest BCUT2D eigenvalue weighted by atomic mass is 10.00. The van der Waals surface area contributed by atoms with Crippen LogP contribution >= 0.6 is 22.9 Å². The molecule has 2 aromatic carbocycles. The number of anilines is 2. The minimum absolute atomic E-state index is 0.0375. The molecule has 8 heteroatoms. The fourth-order valence-electron chi connectivity index (χ4n) is 2.66. The maximum absolute atomic E-state index is 13.7. The van der Waals surface area contributed by atoms with Crippen molar-refractivity contribution in [2.75, 3.05) is 23.3 Å². The second-order valence-corrected chi connectivity index (χ2v) is 7.22. The summed E-state index contributed by atoms with van der Waals surface area (Å²) in [6.45, 7) is 1.00. The molecule has 0 aliphatic carbocycles. The summed E-state index contributed by atoms with van der Waals surface area (Å²) in [7, 11) is 0. The van der Waals surface area contributed by atoms with Gasteiger partial charge in [-0.1, -0.05) is 29.0 Å². The summed E-state index contributed by atoms with van der Waals surface area (Å²) in [4.78, 5) is 18.5. The molecule has 1 aliphatic heterocycles. The van der Waals surface area contributed by atoms with Crippen LogP contribution in [0.4, 0.5) is 19.6 Å². The molecule has 0 bridgehead atoms. The van der Waals surface area contributed by atoms with E-state index in [1.807, 2.05) is 11.0 Å². The number of hydrogen-bond donors (Lipinski definition) is 1. The van der Waals surface area contributed by atoms with Gasteiger partial charge in [0, 0.05) is 18.8 Å². The molecule has 0 radical (unpaired) electrons. The van der Waals surface area contributed by atoms with E-state index in [2.05, 4.69) is 10.3 Å². The molecule has 128 valence electrons. The molecule has 1 saturated heterocycles. The summed E-state index contributed by atoms with van der Waals surface area (Å²) in [6.07, 6.45) is 0. The minimum Gasteiger partial charge on any atom is -0.346 e. The second-order valence-electron chi connectivity index (χ2n) is 5.80. The third kappa shape index (κ3) is 3.05. The van der Waals surface area contributed by atoms with Crippen LogP contribution in [0.25, 0.3) is 10.2 Å². The highest BCUT2D eigenvalue weighted by atomic mass is 35.5. The summed E-state index contributed by atoms with van der Waals surface area (Å²) < 4.78 is 27.6. The summed E-state index contributed by atoms with van der Waals surface area (Å²) in [5.41, 5.74) is 0.813. The van der Waals surface area contributed by atoms with Gasteiger partial charge in [0.1, 0.15) is 17.2 Å². The molecular formula is C17H12ClF2N3OS. The lowest BCUT2D eigenvalue weighted by molar-refractivity contribution is -0.120. The molecule has 0 spiro atoms. The first-order chi connectivity index (χ1) is 12.0. The first-order valence-corrected chi connectivity index (χ1v) is 8.76. The number of benzene rings is 2. The van der Waals surface area contributed by atoms with E-state index in [1.165, 1.54) is 35.6 Å². The zero-order chi connectivity index (χ0) is 17.6. The largest absolute Gasteiger partial charge is 0.346 e. The Morgan fingerprint density at radius 1 is 1.24 bits per heavy atom. The molecule has 4 rings (SSSR count). The number of rotatable bonds is 3. The predicted molar refractivity (Wildman–Crippen MR) is 95.3 cm³/mol. The van der Waals surface area contributed by atoms with Crippen molar-refractivity contribution in [3.05, 3.63) is 53.1 Å². The Morgan fingerprint density at radius 3 is 2.76 bits per heavy atom. The Labute approximate surface area is 151 Å². The van der Waals surface area contributed by atoms with Gasteiger partial charge in [-0.05, 0) is 30.3 Å². The maximum atomic E-state index is 13.7. The first kappa shape index (κ1) is 16.2. The lowest BCUT2D eigenvalue weighted by Gasteiger charge is -2.37. The fourth-order valence-corrected chi connectivity index (χ4v) is 3.84. The third-order valence-electron chi connectivity index (χ3n) is 4.07. The van der Waals surface area contributed by atoms with Gasteiger partial charge in [-0.2, -0.15) is 0 Å². The molecule has 0 atom stereocenters. The quantitative estimate of drug-likeness (QED) is 0.737. The summed E-state index contributed by atoms with van der Waals surface area (Å²) in [5, 5.41) is 3.39. The number of carbonyl (C=O) groups is 1. The maximum Gasteiger partial charge on any atom is 0.231 e. The zero-order valence-corrected chi connectivity index (χ0v) is 14.4. The summed E-state index contributed by atoms with van der Waals surface area (Å²) >= 11 is 7.11. The van der Waals surface area contributed by atoms with Gasteiger partial charge in [-0.3, -0.25) is 4.79 Å². The molecule has 3 aromatic rings. The van der Waals surface area contributed by atoms with Crippen LogP contribution in [0.15, 0.2) is 36.4 Å². The van der Waals surface area contributed by atoms with Gasteiger partial charge in [0.2, 0.25) is 5.91 Å². The highest BCUT2D eigenvalue weighted by Crippen LogP contribution is 2.34. The average molecular weight is 380 g/mol. The van der Waals surface area contributed by atoms with Gasteiger partial charge in [0.15, 0.2) is 5.13 Å². The van der Waals surface area contributed by atoms with Gasteiger partial charge in [0.25, 0.3) is 0 Å². The smallest absolute Gasteiger partial charge is 0.231 e. The van der Waals surface area contributed by atoms with Gasteiger partial charge < -0.3 is 10.2 Å². The normalized spacial score (nSPS) is 14.6. The topological polar surface area (TPSA) is 45.2 Å². The molecule has 1 amide bonds. The van der Waals surface area contributed by atoms with Gasteiger partial charge in [-0.15, -0.1) is 0 Å². The number of amides is 1. The number of aromatic nitrogens is 1. The third-order valence-corrected chi connectivity index (χ3v) is 5.44. The molecule has 1 aromatic heterocycles. The van der Waals surface area contributed by atoms with E-state index in [0.29, 0.717) is 29.4 Å². The predicted octanol–water partition coefficient (Wildman–Crippen LogP) is 4.30. The molecular weight excluding hydrogens is 368 g/mol. The molecule has 4 nitrogen and oxygen atoms in total. The molecule has 2 heterocycles. The highest BCUT2D eigenvalue weighted by molar-refractivity contribution is 7.22. The van der Waals surface area contributed by atoms with Crippen molar-refractivity contribution in [2.45, 2.75) is 0 Å². The molecule has 1 N–H and O–H groups in total.